The van der Waals surface area contributed by atoms with Gasteiger partial charge in [-0.3, -0.25) is 9.36 Å². The molecule has 1 fully saturated rings. The van der Waals surface area contributed by atoms with E-state index in [1.807, 2.05) is 34.9 Å². The van der Waals surface area contributed by atoms with Crippen molar-refractivity contribution in [2.75, 3.05) is 20.1 Å². The van der Waals surface area contributed by atoms with Crippen LogP contribution in [0.4, 0.5) is 0 Å². The SMILES string of the molecule is CCc1cc2c(=O)n(C3CCN(C)CC3)c(Cc3cccc(Cl)c3)nc2s1. The molecule has 0 amide bonds. The van der Waals surface area contributed by atoms with Crippen molar-refractivity contribution in [3.63, 3.8) is 0 Å². The van der Waals surface area contributed by atoms with Crippen LogP contribution in [0.15, 0.2) is 35.1 Å². The molecule has 1 saturated heterocycles. The first-order valence-corrected chi connectivity index (χ1v) is 10.7. The van der Waals surface area contributed by atoms with Gasteiger partial charge in [0.2, 0.25) is 0 Å². The molecule has 0 aliphatic carbocycles. The number of halogens is 1. The van der Waals surface area contributed by atoms with Crippen LogP contribution in [0.25, 0.3) is 10.2 Å². The van der Waals surface area contributed by atoms with Crippen molar-refractivity contribution >= 4 is 33.2 Å². The zero-order chi connectivity index (χ0) is 19.0. The summed E-state index contributed by atoms with van der Waals surface area (Å²) in [5.74, 6) is 0.855. The highest BCUT2D eigenvalue weighted by molar-refractivity contribution is 7.18. The molecule has 4 nitrogen and oxygen atoms in total. The molecule has 142 valence electrons. The molecule has 3 aromatic rings. The van der Waals surface area contributed by atoms with Crippen molar-refractivity contribution in [3.8, 4) is 0 Å². The number of likely N-dealkylation sites (tertiary alicyclic amines) is 1. The molecular formula is C21H24ClN3OS. The summed E-state index contributed by atoms with van der Waals surface area (Å²) >= 11 is 7.81. The molecule has 0 N–H and O–H groups in total. The van der Waals surface area contributed by atoms with E-state index in [1.165, 1.54) is 4.88 Å². The van der Waals surface area contributed by atoms with E-state index in [1.54, 1.807) is 11.3 Å². The van der Waals surface area contributed by atoms with E-state index in [-0.39, 0.29) is 11.6 Å². The Bertz CT molecular complexity index is 1020. The Labute approximate surface area is 168 Å². The number of hydrogen-bond donors (Lipinski definition) is 0. The summed E-state index contributed by atoms with van der Waals surface area (Å²) in [4.78, 5) is 22.8. The lowest BCUT2D eigenvalue weighted by molar-refractivity contribution is 0.216. The molecule has 0 atom stereocenters. The van der Waals surface area contributed by atoms with Gasteiger partial charge in [-0.15, -0.1) is 11.3 Å². The molecule has 27 heavy (non-hydrogen) atoms. The zero-order valence-electron chi connectivity index (χ0n) is 15.7. The Morgan fingerprint density at radius 1 is 1.26 bits per heavy atom. The maximum absolute atomic E-state index is 13.4. The minimum atomic E-state index is 0.113. The lowest BCUT2D eigenvalue weighted by atomic mass is 10.0. The fourth-order valence-corrected chi connectivity index (χ4v) is 5.03. The standard InChI is InChI=1S/C21H24ClN3OS/c1-3-17-13-18-20(27-17)23-19(12-14-5-4-6-15(22)11-14)25(21(18)26)16-7-9-24(2)10-8-16/h4-6,11,13,16H,3,7-10,12H2,1-2H3. The van der Waals surface area contributed by atoms with Crippen molar-refractivity contribution in [2.45, 2.75) is 38.6 Å². The highest BCUT2D eigenvalue weighted by Gasteiger charge is 2.24. The highest BCUT2D eigenvalue weighted by Crippen LogP contribution is 2.27. The predicted molar refractivity (Wildman–Crippen MR) is 113 cm³/mol. The maximum Gasteiger partial charge on any atom is 0.262 e. The number of piperidine rings is 1. The van der Waals surface area contributed by atoms with Crippen LogP contribution in [0.2, 0.25) is 5.02 Å². The smallest absolute Gasteiger partial charge is 0.262 e. The van der Waals surface area contributed by atoms with Crippen LogP contribution in [0.3, 0.4) is 0 Å². The number of thiophene rings is 1. The van der Waals surface area contributed by atoms with E-state index < -0.39 is 0 Å². The average molecular weight is 402 g/mol. The zero-order valence-corrected chi connectivity index (χ0v) is 17.3. The number of aryl methyl sites for hydroxylation is 1. The van der Waals surface area contributed by atoms with Crippen molar-refractivity contribution in [3.05, 3.63) is 62.0 Å². The quantitative estimate of drug-likeness (QED) is 0.644. The minimum Gasteiger partial charge on any atom is -0.306 e. The molecule has 1 aromatic carbocycles. The van der Waals surface area contributed by atoms with Crippen LogP contribution in [0.1, 0.15) is 42.1 Å². The second-order valence-corrected chi connectivity index (χ2v) is 8.88. The number of aromatic nitrogens is 2. The number of nitrogens with zero attached hydrogens (tertiary/aromatic N) is 3. The van der Waals surface area contributed by atoms with Crippen molar-refractivity contribution < 1.29 is 0 Å². The fraction of sp³-hybridized carbons (Fsp3) is 0.429. The topological polar surface area (TPSA) is 38.1 Å². The third kappa shape index (κ3) is 3.82. The van der Waals surface area contributed by atoms with Crippen LogP contribution in [0, 0.1) is 0 Å². The minimum absolute atomic E-state index is 0.113. The Balaban J connectivity index is 1.83. The second-order valence-electron chi connectivity index (χ2n) is 7.33. The third-order valence-electron chi connectivity index (χ3n) is 5.37. The van der Waals surface area contributed by atoms with Gasteiger partial charge < -0.3 is 4.90 Å². The number of hydrogen-bond acceptors (Lipinski definition) is 4. The van der Waals surface area contributed by atoms with Crippen LogP contribution < -0.4 is 5.56 Å². The van der Waals surface area contributed by atoms with Crippen molar-refractivity contribution in [2.24, 2.45) is 0 Å². The predicted octanol–water partition coefficient (Wildman–Crippen LogP) is 4.53. The second kappa shape index (κ2) is 7.74. The average Bonchev–Trinajstić information content (AvgIpc) is 3.07. The lowest BCUT2D eigenvalue weighted by Crippen LogP contribution is -2.37. The molecular weight excluding hydrogens is 378 g/mol. The van der Waals surface area contributed by atoms with Gasteiger partial charge in [0.15, 0.2) is 0 Å². The molecule has 6 heteroatoms. The van der Waals surface area contributed by atoms with E-state index in [2.05, 4.69) is 18.9 Å². The van der Waals surface area contributed by atoms with Crippen LogP contribution in [-0.4, -0.2) is 34.6 Å². The van der Waals surface area contributed by atoms with E-state index in [9.17, 15) is 4.79 Å². The fourth-order valence-electron chi connectivity index (χ4n) is 3.84. The van der Waals surface area contributed by atoms with Gasteiger partial charge in [0.25, 0.3) is 5.56 Å². The van der Waals surface area contributed by atoms with Gasteiger partial charge in [-0.1, -0.05) is 30.7 Å². The summed E-state index contributed by atoms with van der Waals surface area (Å²) in [6, 6.07) is 10.1. The molecule has 0 unspecified atom stereocenters. The normalized spacial score (nSPS) is 16.3. The van der Waals surface area contributed by atoms with Crippen LogP contribution in [-0.2, 0) is 12.8 Å². The first kappa shape index (κ1) is 18.7. The molecule has 2 aromatic heterocycles. The first-order valence-electron chi connectivity index (χ1n) is 9.52. The highest BCUT2D eigenvalue weighted by atomic mass is 35.5. The van der Waals surface area contributed by atoms with Crippen molar-refractivity contribution in [1.29, 1.82) is 0 Å². The summed E-state index contributed by atoms with van der Waals surface area (Å²) in [5, 5.41) is 1.48. The molecule has 0 bridgehead atoms. The largest absolute Gasteiger partial charge is 0.306 e. The van der Waals surface area contributed by atoms with Gasteiger partial charge in [0.05, 0.1) is 5.39 Å². The summed E-state index contributed by atoms with van der Waals surface area (Å²) in [7, 11) is 2.14. The third-order valence-corrected chi connectivity index (χ3v) is 6.78. The Hall–Kier alpha value is -1.69. The molecule has 0 spiro atoms. The Morgan fingerprint density at radius 3 is 2.74 bits per heavy atom. The van der Waals surface area contributed by atoms with E-state index >= 15 is 0 Å². The Morgan fingerprint density at radius 2 is 2.04 bits per heavy atom. The molecule has 1 aliphatic heterocycles. The molecule has 0 saturated carbocycles. The summed E-state index contributed by atoms with van der Waals surface area (Å²) < 4.78 is 1.97. The Kier molecular flexibility index (Phi) is 5.35. The molecule has 1 aliphatic rings. The number of benzene rings is 1. The van der Waals surface area contributed by atoms with Gasteiger partial charge >= 0.3 is 0 Å². The molecule has 3 heterocycles. The summed E-state index contributed by atoms with van der Waals surface area (Å²) in [5.41, 5.74) is 1.20. The van der Waals surface area contributed by atoms with Crippen molar-refractivity contribution in [1.82, 2.24) is 14.5 Å². The summed E-state index contributed by atoms with van der Waals surface area (Å²) in [6.07, 6.45) is 3.52. The van der Waals surface area contributed by atoms with E-state index in [0.717, 1.165) is 54.0 Å². The monoisotopic (exact) mass is 401 g/mol. The van der Waals surface area contributed by atoms with E-state index in [4.69, 9.17) is 16.6 Å². The van der Waals surface area contributed by atoms with Gasteiger partial charge in [-0.25, -0.2) is 4.98 Å². The van der Waals surface area contributed by atoms with E-state index in [0.29, 0.717) is 11.4 Å². The molecule has 0 radical (unpaired) electrons. The number of fused-ring (bicyclic) bond motifs is 1. The first-order chi connectivity index (χ1) is 13.0. The van der Waals surface area contributed by atoms with Gasteiger partial charge in [-0.05, 0) is 63.2 Å². The van der Waals surface area contributed by atoms with Gasteiger partial charge in [0.1, 0.15) is 10.7 Å². The number of rotatable bonds is 4. The van der Waals surface area contributed by atoms with Crippen LogP contribution in [0.5, 0.6) is 0 Å². The lowest BCUT2D eigenvalue weighted by Gasteiger charge is -2.31. The summed E-state index contributed by atoms with van der Waals surface area (Å²) in [6.45, 7) is 4.14. The van der Waals surface area contributed by atoms with Gasteiger partial charge in [-0.2, -0.15) is 0 Å². The van der Waals surface area contributed by atoms with Crippen LogP contribution >= 0.6 is 22.9 Å². The van der Waals surface area contributed by atoms with Gasteiger partial charge in [0, 0.05) is 22.4 Å². The molecule has 4 rings (SSSR count). The maximum atomic E-state index is 13.4.